The summed E-state index contributed by atoms with van der Waals surface area (Å²) in [6.07, 6.45) is 3.31. The molecule has 3 fully saturated rings. The first kappa shape index (κ1) is 47.8. The van der Waals surface area contributed by atoms with Gasteiger partial charge in [-0.3, -0.25) is 19.4 Å². The number of hydrogen-bond donors (Lipinski definition) is 4. The fourth-order valence-electron chi connectivity index (χ4n) is 8.20. The van der Waals surface area contributed by atoms with Crippen LogP contribution in [0, 0.1) is 6.92 Å². The Labute approximate surface area is 380 Å². The van der Waals surface area contributed by atoms with Gasteiger partial charge < -0.3 is 39.9 Å². The normalized spacial score (nSPS) is 18.6. The molecule has 0 aliphatic carbocycles. The van der Waals surface area contributed by atoms with E-state index in [1.165, 1.54) is 16.9 Å². The van der Waals surface area contributed by atoms with Crippen molar-refractivity contribution in [3.63, 3.8) is 0 Å². The maximum atomic E-state index is 12.4. The molecular weight excluding hydrogens is 833 g/mol. The van der Waals surface area contributed by atoms with Crippen molar-refractivity contribution in [2.75, 3.05) is 76.2 Å². The number of likely N-dealkylation sites (tertiary alicyclic amines) is 2. The first-order chi connectivity index (χ1) is 31.0. The lowest BCUT2D eigenvalue weighted by atomic mass is 10.1. The second kappa shape index (κ2) is 23.4. The van der Waals surface area contributed by atoms with Crippen molar-refractivity contribution in [1.82, 2.24) is 40.4 Å². The minimum atomic E-state index is -0.440. The lowest BCUT2D eigenvalue weighted by Crippen LogP contribution is -2.51. The number of aromatic nitrogens is 4. The summed E-state index contributed by atoms with van der Waals surface area (Å²) in [5.41, 5.74) is 7.51. The van der Waals surface area contributed by atoms with E-state index in [-0.39, 0.29) is 30.2 Å². The number of thiazole rings is 1. The van der Waals surface area contributed by atoms with Crippen LogP contribution in [0.15, 0.2) is 70.7 Å². The summed E-state index contributed by atoms with van der Waals surface area (Å²) < 4.78 is 11.4. The maximum absolute atomic E-state index is 12.4. The summed E-state index contributed by atoms with van der Waals surface area (Å²) in [6, 6.07) is 19.7. The first-order valence-electron chi connectivity index (χ1n) is 22.3. The van der Waals surface area contributed by atoms with Crippen LogP contribution in [0.1, 0.15) is 70.0 Å². The van der Waals surface area contributed by atoms with Gasteiger partial charge in [0, 0.05) is 77.1 Å². The fourth-order valence-corrected chi connectivity index (χ4v) is 9.01. The zero-order valence-corrected chi connectivity index (χ0v) is 38.8. The molecule has 0 bridgehead atoms. The monoisotopic (exact) mass is 896 g/mol. The van der Waals surface area contributed by atoms with Gasteiger partial charge in [0.2, 0.25) is 12.3 Å². The Morgan fingerprint density at radius 1 is 1.00 bits per heavy atom. The Kier molecular flexibility index (Phi) is 17.5. The highest BCUT2D eigenvalue weighted by atomic mass is 32.1. The molecule has 0 spiro atoms. The Morgan fingerprint density at radius 3 is 2.41 bits per heavy atom. The molecule has 16 nitrogen and oxygen atoms in total. The van der Waals surface area contributed by atoms with E-state index in [0.29, 0.717) is 48.4 Å². The Morgan fingerprint density at radius 2 is 1.75 bits per heavy atom. The van der Waals surface area contributed by atoms with Crippen LogP contribution < -0.4 is 20.3 Å². The zero-order valence-electron chi connectivity index (χ0n) is 37.9. The molecule has 17 heteroatoms. The fraction of sp³-hybridized carbons (Fsp3) is 0.489. The number of amides is 2. The van der Waals surface area contributed by atoms with Gasteiger partial charge in [-0.15, -0.1) is 21.5 Å². The molecule has 6 heterocycles. The molecule has 0 radical (unpaired) electrons. The van der Waals surface area contributed by atoms with E-state index in [9.17, 15) is 19.8 Å². The van der Waals surface area contributed by atoms with Crippen molar-refractivity contribution >= 4 is 35.2 Å². The number of aliphatic hydroxyl groups is 1. The third kappa shape index (κ3) is 12.8. The smallest absolute Gasteiger partial charge is 0.254 e. The summed E-state index contributed by atoms with van der Waals surface area (Å²) in [5, 5.41) is 38.7. The molecule has 4 N–H and O–H groups in total. The topological polar surface area (TPSA) is 186 Å². The van der Waals surface area contributed by atoms with Crippen molar-refractivity contribution in [2.24, 2.45) is 0 Å². The third-order valence-electron chi connectivity index (χ3n) is 11.6. The number of para-hydroxylation sites is 1. The van der Waals surface area contributed by atoms with Gasteiger partial charge >= 0.3 is 0 Å². The average molecular weight is 897 g/mol. The van der Waals surface area contributed by atoms with Gasteiger partial charge in [0.05, 0.1) is 46.0 Å². The molecule has 344 valence electrons. The summed E-state index contributed by atoms with van der Waals surface area (Å²) >= 11 is 1.64. The number of aromatic hydroxyl groups is 1. The number of benzene rings is 2. The van der Waals surface area contributed by atoms with E-state index in [4.69, 9.17) is 9.26 Å². The number of anilines is 2. The summed E-state index contributed by atoms with van der Waals surface area (Å²) in [7, 11) is 1.85. The van der Waals surface area contributed by atoms with Crippen LogP contribution in [0.2, 0.25) is 0 Å². The molecule has 3 aliphatic rings. The number of aryl methyl sites for hydroxylation is 1. The molecular formula is C47H64N10O6S. The van der Waals surface area contributed by atoms with Crippen molar-refractivity contribution in [2.45, 2.75) is 84.6 Å². The van der Waals surface area contributed by atoms with E-state index in [1.54, 1.807) is 34.4 Å². The number of phenols is 1. The molecule has 2 amide bonds. The molecule has 3 aliphatic heterocycles. The third-order valence-corrected chi connectivity index (χ3v) is 12.5. The number of aliphatic hydroxyl groups excluding tert-OH is 1. The number of carbonyl (C=O) groups is 2. The van der Waals surface area contributed by atoms with Crippen molar-refractivity contribution in [3.8, 4) is 33.3 Å². The largest absolute Gasteiger partial charge is 0.507 e. The molecule has 8 rings (SSSR count). The summed E-state index contributed by atoms with van der Waals surface area (Å²) in [6.45, 7) is 17.7. The maximum Gasteiger partial charge on any atom is 0.254 e. The minimum Gasteiger partial charge on any atom is -0.507 e. The number of rotatable bonds is 14. The number of hydrogen-bond acceptors (Lipinski definition) is 15. The van der Waals surface area contributed by atoms with Crippen LogP contribution >= 0.6 is 11.3 Å². The second-order valence-electron chi connectivity index (χ2n) is 16.6. The van der Waals surface area contributed by atoms with E-state index in [2.05, 4.69) is 71.7 Å². The van der Waals surface area contributed by atoms with Gasteiger partial charge in [-0.1, -0.05) is 56.7 Å². The van der Waals surface area contributed by atoms with Crippen LogP contribution in [0.4, 0.5) is 11.5 Å². The highest BCUT2D eigenvalue weighted by molar-refractivity contribution is 7.13. The lowest BCUT2D eigenvalue weighted by molar-refractivity contribution is -0.130. The highest BCUT2D eigenvalue weighted by Gasteiger charge is 2.32. The Hall–Kier alpha value is -5.62. The van der Waals surface area contributed by atoms with Crippen LogP contribution in [-0.4, -0.2) is 142 Å². The number of ether oxygens (including phenoxy) is 1. The number of carbonyl (C=O) groups excluding carboxylic acids is 2. The highest BCUT2D eigenvalue weighted by Crippen LogP contribution is 2.33. The van der Waals surface area contributed by atoms with Gasteiger partial charge in [0.25, 0.3) is 5.88 Å². The average Bonchev–Trinajstić information content (AvgIpc) is 4.14. The number of nitrogens with one attached hydrogen (secondary N) is 2. The SMILES string of the molecule is CCC.CNc1nnc(-c2ccccc2O)cc1N1CCN(C2CCN(CC(C)Oc3cc(CC(=O)N4CCC(O)C4)on3)C2)CC1.Cc1ncsc1-c1ccc([C@H](C)NC=O)cc1. The first-order valence-corrected chi connectivity index (χ1v) is 23.2. The molecule has 3 saturated heterocycles. The predicted octanol–water partition coefficient (Wildman–Crippen LogP) is 6.02. The van der Waals surface area contributed by atoms with Gasteiger partial charge in [0.1, 0.15) is 17.6 Å². The minimum absolute atomic E-state index is 0.0455. The second-order valence-corrected chi connectivity index (χ2v) is 17.4. The molecule has 3 aromatic heterocycles. The number of β-amino-alcohol motifs (C(OH)–C–C–N with tert-alkyl or cyclic N) is 1. The standard InChI is InChI=1S/C31H42N8O5.C13H14N2OS.C3H8/c1-21(43-29-15-24(44-35-29)16-30(42)39-10-8-23(40)20-39)18-36-9-7-22(19-36)37-11-13-38(14-12-37)27-17-26(33-34-31(27)32-2)25-5-3-4-6-28(25)41;1-9(14-7-16)11-3-5-12(6-4-11)13-10(2)15-8-17-13;1-3-2/h3-6,15,17,21-23,40-41H,7-14,16,18-20H2,1-2H3,(H,32,34);3-9H,1-2H3,(H,14,16);3H2,1-2H3/t;9-;/m.0./s1. The van der Waals surface area contributed by atoms with Crippen LogP contribution in [0.3, 0.4) is 0 Å². The number of phenolic OH excluding ortho intramolecular Hbond substituents is 1. The molecule has 5 aromatic rings. The lowest BCUT2D eigenvalue weighted by Gasteiger charge is -2.39. The zero-order chi connectivity index (χ0) is 45.6. The van der Waals surface area contributed by atoms with Gasteiger partial charge in [-0.2, -0.15) is 0 Å². The van der Waals surface area contributed by atoms with Crippen molar-refractivity contribution in [3.05, 3.63) is 83.2 Å². The van der Waals surface area contributed by atoms with Gasteiger partial charge in [-0.05, 0) is 74.6 Å². The number of piperazine rings is 1. The quantitative estimate of drug-likeness (QED) is 0.0949. The van der Waals surface area contributed by atoms with Crippen LogP contribution in [0.5, 0.6) is 11.6 Å². The molecule has 2 aromatic carbocycles. The predicted molar refractivity (Wildman–Crippen MR) is 251 cm³/mol. The summed E-state index contributed by atoms with van der Waals surface area (Å²) in [4.78, 5) is 37.3. The number of nitrogens with zero attached hydrogens (tertiary/aromatic N) is 8. The molecule has 3 unspecified atom stereocenters. The molecule has 0 saturated carbocycles. The van der Waals surface area contributed by atoms with Gasteiger partial charge in [0.15, 0.2) is 5.82 Å². The van der Waals surface area contributed by atoms with Gasteiger partial charge in [-0.25, -0.2) is 4.98 Å². The van der Waals surface area contributed by atoms with E-state index in [1.807, 2.05) is 63.7 Å². The van der Waals surface area contributed by atoms with E-state index >= 15 is 0 Å². The van der Waals surface area contributed by atoms with E-state index in [0.717, 1.165) is 81.4 Å². The van der Waals surface area contributed by atoms with Crippen molar-refractivity contribution in [1.29, 1.82) is 0 Å². The van der Waals surface area contributed by atoms with Crippen LogP contribution in [-0.2, 0) is 16.0 Å². The molecule has 4 atom stereocenters. The Bertz CT molecular complexity index is 2230. The van der Waals surface area contributed by atoms with Crippen molar-refractivity contribution < 1.29 is 29.1 Å². The molecule has 64 heavy (non-hydrogen) atoms. The summed E-state index contributed by atoms with van der Waals surface area (Å²) in [5.74, 6) is 1.72. The Balaban J connectivity index is 0.000000282. The van der Waals surface area contributed by atoms with E-state index < -0.39 is 6.10 Å². The van der Waals surface area contributed by atoms with Crippen LogP contribution in [0.25, 0.3) is 21.7 Å².